The van der Waals surface area contributed by atoms with Crippen molar-refractivity contribution in [2.75, 3.05) is 0 Å². The molecule has 0 aliphatic rings. The fourth-order valence-electron chi connectivity index (χ4n) is 2.42. The molecule has 0 aliphatic heterocycles. The summed E-state index contributed by atoms with van der Waals surface area (Å²) >= 11 is -4.87. The number of hydrogen-bond donors (Lipinski definition) is 0. The molecule has 0 atom stereocenters. The molecule has 0 saturated carbocycles. The summed E-state index contributed by atoms with van der Waals surface area (Å²) in [5.74, 6) is -0.117. The van der Waals surface area contributed by atoms with Crippen molar-refractivity contribution in [1.29, 1.82) is 0 Å². The molecule has 1 radical (unpaired) electrons. The van der Waals surface area contributed by atoms with E-state index in [9.17, 15) is 4.79 Å². The SMILES string of the molecule is CC[CH2][Sn]([CH2]CC)[O][Sn]([CH2]CC)([CH2]CC)[O]C(C)=O. The van der Waals surface area contributed by atoms with Crippen LogP contribution in [0.5, 0.6) is 0 Å². The average Bonchev–Trinajstić information content (AvgIpc) is 2.29. The van der Waals surface area contributed by atoms with Crippen LogP contribution in [-0.2, 0) is 9.28 Å². The van der Waals surface area contributed by atoms with Crippen LogP contribution in [0.1, 0.15) is 60.3 Å². The topological polar surface area (TPSA) is 35.5 Å². The molecule has 0 amide bonds. The van der Waals surface area contributed by atoms with Gasteiger partial charge in [-0.3, -0.25) is 0 Å². The third-order valence-corrected chi connectivity index (χ3v) is 32.6. The van der Waals surface area contributed by atoms with E-state index in [2.05, 4.69) is 27.7 Å². The summed E-state index contributed by atoms with van der Waals surface area (Å²) in [6.07, 6.45) is 4.60. The molecule has 19 heavy (non-hydrogen) atoms. The molecule has 0 aromatic carbocycles. The van der Waals surface area contributed by atoms with Crippen LogP contribution in [0.3, 0.4) is 0 Å². The van der Waals surface area contributed by atoms with Gasteiger partial charge in [-0.25, -0.2) is 0 Å². The van der Waals surface area contributed by atoms with E-state index in [0.717, 1.165) is 21.7 Å². The molecule has 0 unspecified atom stereocenters. The summed E-state index contributed by atoms with van der Waals surface area (Å²) in [4.78, 5) is 11.5. The second-order valence-electron chi connectivity index (χ2n) is 5.15. The molecule has 0 aromatic heterocycles. The van der Waals surface area contributed by atoms with Crippen LogP contribution in [0, 0.1) is 0 Å². The van der Waals surface area contributed by atoms with Gasteiger partial charge in [-0.05, 0) is 0 Å². The van der Waals surface area contributed by atoms with Crippen molar-refractivity contribution in [2.24, 2.45) is 0 Å². The molecule has 0 rings (SSSR count). The third kappa shape index (κ3) is 8.81. The fraction of sp³-hybridized carbons (Fsp3) is 0.929. The van der Waals surface area contributed by atoms with Crippen molar-refractivity contribution in [2.45, 2.75) is 78.0 Å². The van der Waals surface area contributed by atoms with E-state index in [1.807, 2.05) is 0 Å². The van der Waals surface area contributed by atoms with Crippen LogP contribution < -0.4 is 0 Å². The Hall–Kier alpha value is 1.03. The van der Waals surface area contributed by atoms with Gasteiger partial charge in [-0.1, -0.05) is 0 Å². The van der Waals surface area contributed by atoms with Crippen molar-refractivity contribution in [3.8, 4) is 0 Å². The maximum absolute atomic E-state index is 11.5. The Balaban J connectivity index is 4.88. The molecule has 0 heterocycles. The zero-order valence-corrected chi connectivity index (χ0v) is 19.1. The van der Waals surface area contributed by atoms with Gasteiger partial charge in [0.1, 0.15) is 0 Å². The minimum absolute atomic E-state index is 0.117. The average molecular weight is 485 g/mol. The van der Waals surface area contributed by atoms with Crippen molar-refractivity contribution < 1.29 is 9.28 Å². The number of carbonyl (C=O) groups excluding carboxylic acids is 1. The molecule has 0 bridgehead atoms. The van der Waals surface area contributed by atoms with Crippen molar-refractivity contribution in [3.63, 3.8) is 0 Å². The van der Waals surface area contributed by atoms with Gasteiger partial charge >= 0.3 is 133 Å². The van der Waals surface area contributed by atoms with Crippen LogP contribution in [0.4, 0.5) is 0 Å². The van der Waals surface area contributed by atoms with Crippen LogP contribution >= 0.6 is 0 Å². The molecule has 0 saturated heterocycles. The molecule has 0 spiro atoms. The number of rotatable bonds is 11. The van der Waals surface area contributed by atoms with E-state index in [-0.39, 0.29) is 5.97 Å². The quantitative estimate of drug-likeness (QED) is 0.401. The van der Waals surface area contributed by atoms with Crippen molar-refractivity contribution >= 4 is 45.3 Å². The van der Waals surface area contributed by atoms with E-state index in [4.69, 9.17) is 4.49 Å². The predicted molar refractivity (Wildman–Crippen MR) is 84.8 cm³/mol. The molecule has 0 N–H and O–H groups in total. The Kier molecular flexibility index (Phi) is 12.3. The van der Waals surface area contributed by atoms with Crippen LogP contribution in [-0.4, -0.2) is 45.3 Å². The van der Waals surface area contributed by atoms with Gasteiger partial charge in [0.2, 0.25) is 0 Å². The molecule has 3 nitrogen and oxygen atoms in total. The van der Waals surface area contributed by atoms with E-state index in [0.29, 0.717) is 0 Å². The summed E-state index contributed by atoms with van der Waals surface area (Å²) in [5, 5.41) is 0. The van der Waals surface area contributed by atoms with Crippen molar-refractivity contribution in [3.05, 3.63) is 0 Å². The zero-order valence-electron chi connectivity index (χ0n) is 13.4. The number of carbonyl (C=O) groups is 1. The zero-order chi connectivity index (χ0) is 14.7. The summed E-state index contributed by atoms with van der Waals surface area (Å²) in [5.41, 5.74) is 0. The van der Waals surface area contributed by atoms with Gasteiger partial charge in [0.15, 0.2) is 0 Å². The molecule has 5 heteroatoms. The monoisotopic (exact) mass is 487 g/mol. The minimum atomic E-state index is -3.10. The molecule has 0 aliphatic carbocycles. The maximum atomic E-state index is 11.5. The van der Waals surface area contributed by atoms with Crippen LogP contribution in [0.15, 0.2) is 0 Å². The molecule has 0 aromatic rings. The van der Waals surface area contributed by atoms with Gasteiger partial charge in [0.25, 0.3) is 0 Å². The second-order valence-corrected chi connectivity index (χ2v) is 24.2. The standard InChI is InChI=1S/4C3H7.C2H4O2.O.2Sn/c4*1-3-2;1-2(3)4;;;/h4*1,3H2,2H3;1H3,(H,3,4);;;/q;;;;;;;+1/p-1. The second kappa shape index (κ2) is 11.7. The normalized spacial score (nSPS) is 11.9. The Bertz CT molecular complexity index is 235. The third-order valence-electron chi connectivity index (χ3n) is 2.98. The van der Waals surface area contributed by atoms with Gasteiger partial charge < -0.3 is 0 Å². The summed E-state index contributed by atoms with van der Waals surface area (Å²) in [6.45, 7) is 10.4. The molecule has 113 valence electrons. The van der Waals surface area contributed by atoms with E-state index >= 15 is 0 Å². The van der Waals surface area contributed by atoms with Crippen molar-refractivity contribution in [1.82, 2.24) is 0 Å². The summed E-state index contributed by atoms with van der Waals surface area (Å²) < 4.78 is 17.2. The van der Waals surface area contributed by atoms with Gasteiger partial charge in [-0.2, -0.15) is 0 Å². The van der Waals surface area contributed by atoms with Crippen LogP contribution in [0.25, 0.3) is 0 Å². The van der Waals surface area contributed by atoms with Gasteiger partial charge in [0.05, 0.1) is 0 Å². The van der Waals surface area contributed by atoms with E-state index < -0.39 is 39.4 Å². The first-order valence-corrected chi connectivity index (χ1v) is 19.3. The molecular weight excluding hydrogens is 454 g/mol. The summed E-state index contributed by atoms with van der Waals surface area (Å²) in [6, 6.07) is 0. The Morgan fingerprint density at radius 2 is 1.42 bits per heavy atom. The van der Waals surface area contributed by atoms with Gasteiger partial charge in [0, 0.05) is 0 Å². The van der Waals surface area contributed by atoms with E-state index in [1.165, 1.54) is 21.7 Å². The summed E-state index contributed by atoms with van der Waals surface area (Å²) in [7, 11) is 0. The Labute approximate surface area is 132 Å². The first-order chi connectivity index (χ1) is 9.03. The number of hydrogen-bond acceptors (Lipinski definition) is 3. The Morgan fingerprint density at radius 1 is 0.947 bits per heavy atom. The first-order valence-electron chi connectivity index (χ1n) is 7.76. The Morgan fingerprint density at radius 3 is 1.74 bits per heavy atom. The molecular formula is C14H31O3Sn2. The fourth-order valence-corrected chi connectivity index (χ4v) is 34.9. The predicted octanol–water partition coefficient (Wildman–Crippen LogP) is 4.64. The van der Waals surface area contributed by atoms with Crippen LogP contribution in [0.2, 0.25) is 17.7 Å². The van der Waals surface area contributed by atoms with Gasteiger partial charge in [-0.15, -0.1) is 0 Å². The molecule has 0 fully saturated rings. The van der Waals surface area contributed by atoms with E-state index in [1.54, 1.807) is 6.92 Å². The first kappa shape index (κ1) is 20.0.